The average molecular weight is 678 g/mol. The first-order valence-electron chi connectivity index (χ1n) is 15.2. The Kier molecular flexibility index (Phi) is 11.0. The van der Waals surface area contributed by atoms with Gasteiger partial charge in [0.1, 0.15) is 11.4 Å². The van der Waals surface area contributed by atoms with Gasteiger partial charge in [-0.05, 0) is 61.5 Å². The normalized spacial score (nSPS) is 11.1. The van der Waals surface area contributed by atoms with Gasteiger partial charge in [0.2, 0.25) is 5.91 Å². The van der Waals surface area contributed by atoms with Crippen LogP contribution in [0.4, 0.5) is 11.4 Å². The molecule has 4 aromatic carbocycles. The molecule has 1 aromatic heterocycles. The zero-order chi connectivity index (χ0) is 34.9. The predicted octanol–water partition coefficient (Wildman–Crippen LogP) is 5.64. The van der Waals surface area contributed by atoms with Crippen LogP contribution in [-0.4, -0.2) is 47.1 Å². The molecular formula is C37H35N5O6S. The van der Waals surface area contributed by atoms with Crippen LogP contribution in [0, 0.1) is 6.92 Å². The van der Waals surface area contributed by atoms with Gasteiger partial charge in [0.05, 0.1) is 31.4 Å². The van der Waals surface area contributed by atoms with E-state index in [9.17, 15) is 19.2 Å². The van der Waals surface area contributed by atoms with Gasteiger partial charge in [-0.2, -0.15) is 0 Å². The number of nitrogens with zero attached hydrogens (tertiary/aromatic N) is 2. The molecule has 0 aliphatic carbocycles. The van der Waals surface area contributed by atoms with Gasteiger partial charge < -0.3 is 25.4 Å². The number of amides is 3. The standard InChI is InChI=1S/C37H35N5O6S/c1-24-33(37(46)42(41(24)2)28-17-9-6-10-18-28)40-32(43)23-49-29-19-12-16-27(22-29)38-36(45)30(39-35(44)25-13-7-5-8-14-25)21-26-15-11-20-31(47-3)34(26)48-4/h5-22H,23H2,1-4H3,(H,38,45)(H,39,44)(H,40,43)/b30-21+. The Balaban J connectivity index is 1.31. The second kappa shape index (κ2) is 15.7. The third-order valence-corrected chi connectivity index (χ3v) is 8.54. The first kappa shape index (κ1) is 34.3. The fraction of sp³-hybridized carbons (Fsp3) is 0.135. The number of carbonyl (C=O) groups excluding carboxylic acids is 3. The Bertz CT molecular complexity index is 2070. The van der Waals surface area contributed by atoms with Crippen molar-refractivity contribution in [2.75, 3.05) is 30.6 Å². The van der Waals surface area contributed by atoms with Crippen molar-refractivity contribution in [2.24, 2.45) is 7.05 Å². The van der Waals surface area contributed by atoms with Crippen LogP contribution in [0.5, 0.6) is 11.5 Å². The zero-order valence-corrected chi connectivity index (χ0v) is 28.2. The number of hydrogen-bond donors (Lipinski definition) is 3. The van der Waals surface area contributed by atoms with Gasteiger partial charge in [0.25, 0.3) is 17.4 Å². The molecule has 250 valence electrons. The molecule has 0 bridgehead atoms. The number of benzene rings is 4. The summed E-state index contributed by atoms with van der Waals surface area (Å²) < 4.78 is 14.1. The van der Waals surface area contributed by atoms with E-state index in [0.29, 0.717) is 44.6 Å². The highest BCUT2D eigenvalue weighted by molar-refractivity contribution is 8.00. The summed E-state index contributed by atoms with van der Waals surface area (Å²) in [5.74, 6) is -0.531. The minimum absolute atomic E-state index is 0.0183. The maximum absolute atomic E-state index is 13.6. The predicted molar refractivity (Wildman–Crippen MR) is 192 cm³/mol. The Labute approximate surface area is 287 Å². The van der Waals surface area contributed by atoms with E-state index in [0.717, 1.165) is 0 Å². The molecule has 11 nitrogen and oxygen atoms in total. The van der Waals surface area contributed by atoms with Gasteiger partial charge in [0, 0.05) is 28.8 Å². The molecule has 5 aromatic rings. The Hall–Kier alpha value is -6.01. The van der Waals surface area contributed by atoms with Crippen LogP contribution in [0.15, 0.2) is 119 Å². The molecular weight excluding hydrogens is 643 g/mol. The number of rotatable bonds is 12. The molecule has 0 radical (unpaired) electrons. The number of anilines is 2. The van der Waals surface area contributed by atoms with Crippen molar-refractivity contribution >= 4 is 46.9 Å². The summed E-state index contributed by atoms with van der Waals surface area (Å²) in [6.45, 7) is 1.77. The van der Waals surface area contributed by atoms with Gasteiger partial charge in [-0.15, -0.1) is 11.8 Å². The molecule has 5 rings (SSSR count). The van der Waals surface area contributed by atoms with Crippen LogP contribution in [0.1, 0.15) is 21.6 Å². The van der Waals surface area contributed by atoms with Crippen LogP contribution >= 0.6 is 11.8 Å². The quantitative estimate of drug-likeness (QED) is 0.115. The molecule has 0 aliphatic heterocycles. The molecule has 0 fully saturated rings. The van der Waals surface area contributed by atoms with Gasteiger partial charge in [-0.3, -0.25) is 23.9 Å². The largest absolute Gasteiger partial charge is 0.493 e. The Morgan fingerprint density at radius 1 is 0.837 bits per heavy atom. The Morgan fingerprint density at radius 3 is 2.22 bits per heavy atom. The zero-order valence-electron chi connectivity index (χ0n) is 27.4. The topological polar surface area (TPSA) is 133 Å². The van der Waals surface area contributed by atoms with E-state index in [-0.39, 0.29) is 28.6 Å². The number of para-hydroxylation sites is 2. The highest BCUT2D eigenvalue weighted by atomic mass is 32.2. The van der Waals surface area contributed by atoms with E-state index in [2.05, 4.69) is 16.0 Å². The highest BCUT2D eigenvalue weighted by Crippen LogP contribution is 2.32. The van der Waals surface area contributed by atoms with Gasteiger partial charge >= 0.3 is 0 Å². The number of ether oxygens (including phenoxy) is 2. The summed E-state index contributed by atoms with van der Waals surface area (Å²) in [4.78, 5) is 53.6. The smallest absolute Gasteiger partial charge is 0.295 e. The fourth-order valence-corrected chi connectivity index (χ4v) is 5.78. The molecule has 0 aliphatic rings. The van der Waals surface area contributed by atoms with E-state index >= 15 is 0 Å². The van der Waals surface area contributed by atoms with Crippen molar-refractivity contribution in [1.29, 1.82) is 0 Å². The van der Waals surface area contributed by atoms with Gasteiger partial charge in [-0.25, -0.2) is 4.68 Å². The summed E-state index contributed by atoms with van der Waals surface area (Å²) in [6, 6.07) is 29.9. The molecule has 1 heterocycles. The summed E-state index contributed by atoms with van der Waals surface area (Å²) in [6.07, 6.45) is 1.51. The number of aromatic nitrogens is 2. The molecule has 0 atom stereocenters. The van der Waals surface area contributed by atoms with Crippen LogP contribution in [0.3, 0.4) is 0 Å². The lowest BCUT2D eigenvalue weighted by molar-refractivity contribution is -0.114. The summed E-state index contributed by atoms with van der Waals surface area (Å²) in [7, 11) is 4.76. The number of hydrogen-bond acceptors (Lipinski definition) is 7. The number of nitrogens with one attached hydrogen (secondary N) is 3. The van der Waals surface area contributed by atoms with E-state index in [4.69, 9.17) is 9.47 Å². The molecule has 0 saturated carbocycles. The molecule has 12 heteroatoms. The minimum Gasteiger partial charge on any atom is -0.493 e. The van der Waals surface area contributed by atoms with Crippen LogP contribution < -0.4 is 31.0 Å². The lowest BCUT2D eigenvalue weighted by atomic mass is 10.1. The maximum atomic E-state index is 13.6. The number of carbonyl (C=O) groups is 3. The second-order valence-corrected chi connectivity index (χ2v) is 11.8. The van der Waals surface area contributed by atoms with E-state index < -0.39 is 11.8 Å². The van der Waals surface area contributed by atoms with Crippen molar-refractivity contribution in [1.82, 2.24) is 14.7 Å². The van der Waals surface area contributed by atoms with Gasteiger partial charge in [-0.1, -0.05) is 54.6 Å². The molecule has 3 N–H and O–H groups in total. The average Bonchev–Trinajstić information content (AvgIpc) is 3.33. The monoisotopic (exact) mass is 677 g/mol. The molecule has 0 spiro atoms. The maximum Gasteiger partial charge on any atom is 0.295 e. The minimum atomic E-state index is -0.580. The SMILES string of the molecule is COc1cccc(/C=C(/NC(=O)c2ccccc2)C(=O)Nc2cccc(SCC(=O)Nc3c(C)n(C)n(-c4ccccc4)c3=O)c2)c1OC. The number of methoxy groups -OCH3 is 2. The lowest BCUT2D eigenvalue weighted by Gasteiger charge is -2.14. The fourth-order valence-electron chi connectivity index (χ4n) is 5.02. The number of thioether (sulfide) groups is 1. The molecule has 49 heavy (non-hydrogen) atoms. The molecule has 0 saturated heterocycles. The summed E-state index contributed by atoms with van der Waals surface area (Å²) >= 11 is 1.24. The van der Waals surface area contributed by atoms with Gasteiger partial charge in [0.15, 0.2) is 11.5 Å². The first-order chi connectivity index (χ1) is 23.7. The second-order valence-electron chi connectivity index (χ2n) is 10.7. The summed E-state index contributed by atoms with van der Waals surface area (Å²) in [5, 5.41) is 8.32. The van der Waals surface area contributed by atoms with Crippen LogP contribution in [0.2, 0.25) is 0 Å². The van der Waals surface area contributed by atoms with E-state index in [1.807, 2.05) is 30.3 Å². The van der Waals surface area contributed by atoms with Crippen LogP contribution in [0.25, 0.3) is 11.8 Å². The van der Waals surface area contributed by atoms with Crippen molar-refractivity contribution < 1.29 is 23.9 Å². The van der Waals surface area contributed by atoms with Crippen LogP contribution in [-0.2, 0) is 16.6 Å². The van der Waals surface area contributed by atoms with Crippen molar-refractivity contribution in [3.05, 3.63) is 136 Å². The van der Waals surface area contributed by atoms with E-state index in [1.165, 1.54) is 36.7 Å². The highest BCUT2D eigenvalue weighted by Gasteiger charge is 2.20. The van der Waals surface area contributed by atoms with Crippen molar-refractivity contribution in [2.45, 2.75) is 11.8 Å². The molecule has 0 unspecified atom stereocenters. The summed E-state index contributed by atoms with van der Waals surface area (Å²) in [5.41, 5.74) is 2.49. The first-order valence-corrected chi connectivity index (χ1v) is 16.2. The molecule has 3 amide bonds. The van der Waals surface area contributed by atoms with Crippen molar-refractivity contribution in [3.8, 4) is 17.2 Å². The lowest BCUT2D eigenvalue weighted by Crippen LogP contribution is -2.30. The third kappa shape index (κ3) is 8.11. The van der Waals surface area contributed by atoms with E-state index in [1.54, 1.807) is 91.4 Å². The van der Waals surface area contributed by atoms with Crippen molar-refractivity contribution in [3.63, 3.8) is 0 Å². The Morgan fingerprint density at radius 2 is 1.53 bits per heavy atom. The third-order valence-electron chi connectivity index (χ3n) is 7.54.